The van der Waals surface area contributed by atoms with Crippen molar-refractivity contribution in [1.82, 2.24) is 14.1 Å². The maximum Gasteiger partial charge on any atom is 0.246 e. The highest BCUT2D eigenvalue weighted by molar-refractivity contribution is 7.89. The summed E-state index contributed by atoms with van der Waals surface area (Å²) in [7, 11) is -4.38. The summed E-state index contributed by atoms with van der Waals surface area (Å²) in [5, 5.41) is 0. The molecule has 7 nitrogen and oxygen atoms in total. The summed E-state index contributed by atoms with van der Waals surface area (Å²) < 4.78 is 66.9. The molecule has 2 saturated heterocycles. The van der Waals surface area contributed by atoms with Gasteiger partial charge in [0.1, 0.15) is 4.90 Å². The average Bonchev–Trinajstić information content (AvgIpc) is 3.41. The van der Waals surface area contributed by atoms with Crippen molar-refractivity contribution in [3.63, 3.8) is 0 Å². The molecule has 2 amide bonds. The fourth-order valence-electron chi connectivity index (χ4n) is 4.72. The highest BCUT2D eigenvalue weighted by Crippen LogP contribution is 2.31. The fourth-order valence-corrected chi connectivity index (χ4v) is 6.20. The molecule has 1 aromatic rings. The maximum atomic E-state index is 14.0. The number of benzene rings is 1. The van der Waals surface area contributed by atoms with Gasteiger partial charge in [-0.3, -0.25) is 9.59 Å². The van der Waals surface area contributed by atoms with Crippen molar-refractivity contribution in [2.75, 3.05) is 32.7 Å². The Morgan fingerprint density at radius 2 is 1.61 bits per heavy atom. The molecule has 0 spiro atoms. The molecule has 31 heavy (non-hydrogen) atoms. The number of nitrogens with zero attached hydrogens (tertiary/aromatic N) is 3. The number of piperazine rings is 1. The van der Waals surface area contributed by atoms with Gasteiger partial charge in [0.05, 0.1) is 5.92 Å². The van der Waals surface area contributed by atoms with Gasteiger partial charge in [-0.2, -0.15) is 4.31 Å². The highest BCUT2D eigenvalue weighted by atomic mass is 32.2. The number of likely N-dealkylation sites (tertiary alicyclic amines) is 1. The number of carbonyl (C=O) groups is 2. The normalized spacial score (nSPS) is 23.7. The minimum atomic E-state index is -4.38. The number of hydrogen-bond acceptors (Lipinski definition) is 4. The van der Waals surface area contributed by atoms with E-state index in [0.29, 0.717) is 18.7 Å². The molecule has 2 aliphatic heterocycles. The van der Waals surface area contributed by atoms with Gasteiger partial charge in [-0.25, -0.2) is 21.6 Å². The zero-order chi connectivity index (χ0) is 22.3. The van der Waals surface area contributed by atoms with Crippen molar-refractivity contribution in [2.24, 2.45) is 5.92 Å². The largest absolute Gasteiger partial charge is 0.340 e. The Bertz CT molecular complexity index is 990. The van der Waals surface area contributed by atoms with Crippen LogP contribution in [-0.2, 0) is 19.6 Å². The Morgan fingerprint density at radius 1 is 0.968 bits per heavy atom. The Kier molecular flexibility index (Phi) is 5.99. The van der Waals surface area contributed by atoms with Crippen LogP contribution in [0.3, 0.4) is 0 Å². The van der Waals surface area contributed by atoms with E-state index in [2.05, 4.69) is 0 Å². The van der Waals surface area contributed by atoms with E-state index in [-0.39, 0.29) is 50.5 Å². The lowest BCUT2D eigenvalue weighted by atomic mass is 10.1. The highest BCUT2D eigenvalue weighted by Gasteiger charge is 2.41. The Morgan fingerprint density at radius 3 is 2.26 bits per heavy atom. The summed E-state index contributed by atoms with van der Waals surface area (Å²) in [6, 6.07) is 1.47. The Labute approximate surface area is 178 Å². The molecule has 0 aromatic heterocycles. The first-order chi connectivity index (χ1) is 14.7. The molecular weight excluding hydrogens is 435 g/mol. The van der Waals surface area contributed by atoms with Crippen LogP contribution in [0.1, 0.15) is 32.1 Å². The van der Waals surface area contributed by atoms with Crippen LogP contribution in [0, 0.1) is 23.4 Å². The van der Waals surface area contributed by atoms with Crippen molar-refractivity contribution in [3.8, 4) is 0 Å². The van der Waals surface area contributed by atoms with E-state index in [1.807, 2.05) is 4.90 Å². The molecule has 1 aliphatic carbocycles. The standard InChI is InChI=1S/C20H24F3N3O4S/c21-15-5-6-16(19(23)18(15)22)31(29,30)25-9-7-24(8-10-25)20(28)13-11-17(27)26(12-13)14-3-1-2-4-14/h5-6,13-14H,1-4,7-12H2. The van der Waals surface area contributed by atoms with Crippen LogP contribution in [0.4, 0.5) is 13.2 Å². The van der Waals surface area contributed by atoms with Gasteiger partial charge in [0, 0.05) is 45.2 Å². The summed E-state index contributed by atoms with van der Waals surface area (Å²) in [5.74, 6) is -5.71. The summed E-state index contributed by atoms with van der Waals surface area (Å²) in [6.45, 7) is 0.356. The van der Waals surface area contributed by atoms with Gasteiger partial charge in [-0.15, -0.1) is 0 Å². The lowest BCUT2D eigenvalue weighted by molar-refractivity contribution is -0.137. The molecule has 1 saturated carbocycles. The summed E-state index contributed by atoms with van der Waals surface area (Å²) >= 11 is 0. The second-order valence-electron chi connectivity index (χ2n) is 8.29. The van der Waals surface area contributed by atoms with E-state index in [1.165, 1.54) is 4.90 Å². The van der Waals surface area contributed by atoms with Gasteiger partial charge in [0.2, 0.25) is 21.8 Å². The number of halogens is 3. The third-order valence-corrected chi connectivity index (χ3v) is 8.36. The Balaban J connectivity index is 1.39. The molecule has 11 heteroatoms. The van der Waals surface area contributed by atoms with Crippen LogP contribution in [0.25, 0.3) is 0 Å². The molecule has 170 valence electrons. The topological polar surface area (TPSA) is 78.0 Å². The van der Waals surface area contributed by atoms with Crippen molar-refractivity contribution >= 4 is 21.8 Å². The minimum absolute atomic E-state index is 0.0136. The summed E-state index contributed by atoms with van der Waals surface area (Å²) in [4.78, 5) is 27.6. The second-order valence-corrected chi connectivity index (χ2v) is 10.2. The van der Waals surface area contributed by atoms with E-state index < -0.39 is 38.3 Å². The lowest BCUT2D eigenvalue weighted by Gasteiger charge is -2.35. The lowest BCUT2D eigenvalue weighted by Crippen LogP contribution is -2.52. The second kappa shape index (κ2) is 8.42. The van der Waals surface area contributed by atoms with Crippen LogP contribution >= 0.6 is 0 Å². The maximum absolute atomic E-state index is 14.0. The van der Waals surface area contributed by atoms with E-state index in [4.69, 9.17) is 0 Å². The van der Waals surface area contributed by atoms with Crippen LogP contribution in [0.15, 0.2) is 17.0 Å². The summed E-state index contributed by atoms with van der Waals surface area (Å²) in [6.07, 6.45) is 4.26. The molecular formula is C20H24F3N3O4S. The molecule has 2 heterocycles. The quantitative estimate of drug-likeness (QED) is 0.643. The van der Waals surface area contributed by atoms with Gasteiger partial charge in [0.15, 0.2) is 17.5 Å². The van der Waals surface area contributed by atoms with E-state index in [9.17, 15) is 31.2 Å². The molecule has 1 aromatic carbocycles. The number of hydrogen-bond donors (Lipinski definition) is 0. The first-order valence-electron chi connectivity index (χ1n) is 10.4. The molecule has 0 N–H and O–H groups in total. The number of rotatable bonds is 4. The van der Waals surface area contributed by atoms with Crippen molar-refractivity contribution < 1.29 is 31.2 Å². The van der Waals surface area contributed by atoms with E-state index in [0.717, 1.165) is 30.0 Å². The SMILES string of the molecule is O=C(C1CC(=O)N(C2CCCC2)C1)N1CCN(S(=O)(=O)c2ccc(F)c(F)c2F)CC1. The third kappa shape index (κ3) is 4.05. The average molecular weight is 459 g/mol. The van der Waals surface area contributed by atoms with E-state index in [1.54, 1.807) is 0 Å². The van der Waals surface area contributed by atoms with Gasteiger partial charge in [-0.1, -0.05) is 12.8 Å². The number of sulfonamides is 1. The predicted molar refractivity (Wildman–Crippen MR) is 104 cm³/mol. The van der Waals surface area contributed by atoms with Crippen molar-refractivity contribution in [1.29, 1.82) is 0 Å². The molecule has 1 unspecified atom stereocenters. The number of carbonyl (C=O) groups excluding carboxylic acids is 2. The molecule has 1 atom stereocenters. The monoisotopic (exact) mass is 459 g/mol. The first-order valence-corrected chi connectivity index (χ1v) is 11.9. The van der Waals surface area contributed by atoms with Crippen LogP contribution < -0.4 is 0 Å². The zero-order valence-electron chi connectivity index (χ0n) is 16.9. The summed E-state index contributed by atoms with van der Waals surface area (Å²) in [5.41, 5.74) is 0. The first kappa shape index (κ1) is 22.1. The molecule has 3 aliphatic rings. The van der Waals surface area contributed by atoms with Gasteiger partial charge < -0.3 is 9.80 Å². The Hall–Kier alpha value is -2.14. The van der Waals surface area contributed by atoms with Crippen LogP contribution in [0.2, 0.25) is 0 Å². The van der Waals surface area contributed by atoms with Crippen molar-refractivity contribution in [2.45, 2.75) is 43.0 Å². The van der Waals surface area contributed by atoms with Gasteiger partial charge in [0.25, 0.3) is 0 Å². The molecule has 0 radical (unpaired) electrons. The molecule has 4 rings (SSSR count). The fraction of sp³-hybridized carbons (Fsp3) is 0.600. The van der Waals surface area contributed by atoms with Crippen LogP contribution in [0.5, 0.6) is 0 Å². The van der Waals surface area contributed by atoms with Gasteiger partial charge >= 0.3 is 0 Å². The third-order valence-electron chi connectivity index (χ3n) is 6.44. The smallest absolute Gasteiger partial charge is 0.246 e. The van der Waals surface area contributed by atoms with Crippen molar-refractivity contribution in [3.05, 3.63) is 29.6 Å². The van der Waals surface area contributed by atoms with Crippen LogP contribution in [-0.4, -0.2) is 73.1 Å². The number of amides is 2. The zero-order valence-corrected chi connectivity index (χ0v) is 17.7. The minimum Gasteiger partial charge on any atom is -0.340 e. The molecule has 0 bridgehead atoms. The van der Waals surface area contributed by atoms with Gasteiger partial charge in [-0.05, 0) is 25.0 Å². The molecule has 3 fully saturated rings. The predicted octanol–water partition coefficient (Wildman–Crippen LogP) is 1.73. The van der Waals surface area contributed by atoms with E-state index >= 15 is 0 Å².